The molecule has 2 aromatic carbocycles. The number of hydrogen-bond acceptors (Lipinski definition) is 0. The molecule has 0 N–H and O–H groups in total. The molecule has 0 heterocycles. The zero-order valence-corrected chi connectivity index (χ0v) is 15.5. The van der Waals surface area contributed by atoms with Crippen LogP contribution in [0.15, 0.2) is 70.2 Å². The second-order valence-electron chi connectivity index (χ2n) is 6.97. The normalized spacial score (nSPS) is 24.1. The van der Waals surface area contributed by atoms with Crippen LogP contribution >= 0.6 is 27.5 Å². The van der Waals surface area contributed by atoms with E-state index >= 15 is 0 Å². The fraction of sp³-hybridized carbons (Fsp3) is 0.238. The maximum atomic E-state index is 6.26. The summed E-state index contributed by atoms with van der Waals surface area (Å²) >= 11 is 9.93. The largest absolute Gasteiger partial charge is 0.0847 e. The molecule has 0 nitrogen and oxygen atoms in total. The van der Waals surface area contributed by atoms with Crippen LogP contribution in [0.4, 0.5) is 0 Å². The molecule has 0 saturated carbocycles. The summed E-state index contributed by atoms with van der Waals surface area (Å²) in [6.45, 7) is 4.69. The van der Waals surface area contributed by atoms with Crippen molar-refractivity contribution in [1.82, 2.24) is 0 Å². The Labute approximate surface area is 151 Å². The number of allylic oxidation sites excluding steroid dienone is 4. The minimum absolute atomic E-state index is 0.113. The number of benzene rings is 2. The summed E-state index contributed by atoms with van der Waals surface area (Å²) in [5, 5.41) is 0.852. The zero-order chi connectivity index (χ0) is 16.2. The summed E-state index contributed by atoms with van der Waals surface area (Å²) in [6.07, 6.45) is 6.54. The number of fused-ring (bicyclic) bond motifs is 3. The molecule has 2 aromatic rings. The third kappa shape index (κ3) is 2.33. The van der Waals surface area contributed by atoms with Crippen molar-refractivity contribution in [2.45, 2.75) is 25.2 Å². The molecule has 2 heteroatoms. The summed E-state index contributed by atoms with van der Waals surface area (Å²) in [5.41, 5.74) is 5.47. The lowest BCUT2D eigenvalue weighted by atomic mass is 9.74. The summed E-state index contributed by atoms with van der Waals surface area (Å²) in [5.74, 6) is 0.875. The Bertz CT molecular complexity index is 845. The maximum Gasteiger partial charge on any atom is 0.0369 e. The van der Waals surface area contributed by atoms with Gasteiger partial charge in [0, 0.05) is 15.4 Å². The van der Waals surface area contributed by atoms with E-state index in [0.29, 0.717) is 11.8 Å². The topological polar surface area (TPSA) is 0 Å². The third-order valence-electron chi connectivity index (χ3n) is 5.31. The first kappa shape index (κ1) is 15.2. The maximum absolute atomic E-state index is 6.26. The quantitative estimate of drug-likeness (QED) is 0.506. The van der Waals surface area contributed by atoms with Crippen LogP contribution < -0.4 is 0 Å². The van der Waals surface area contributed by atoms with Crippen molar-refractivity contribution in [3.8, 4) is 11.1 Å². The minimum Gasteiger partial charge on any atom is -0.0847 e. The van der Waals surface area contributed by atoms with Gasteiger partial charge in [-0.3, -0.25) is 0 Å². The van der Waals surface area contributed by atoms with Crippen molar-refractivity contribution in [3.63, 3.8) is 0 Å². The lowest BCUT2D eigenvalue weighted by molar-refractivity contribution is 0.394. The molecule has 0 bridgehead atoms. The zero-order valence-electron chi connectivity index (χ0n) is 13.2. The van der Waals surface area contributed by atoms with Crippen molar-refractivity contribution >= 4 is 27.5 Å². The van der Waals surface area contributed by atoms with Crippen LogP contribution in [0.1, 0.15) is 30.9 Å². The van der Waals surface area contributed by atoms with Crippen LogP contribution in [0.2, 0.25) is 0 Å². The molecule has 0 fully saturated rings. The molecule has 4 rings (SSSR count). The summed E-state index contributed by atoms with van der Waals surface area (Å²) in [6, 6.07) is 15.3. The van der Waals surface area contributed by atoms with E-state index in [2.05, 4.69) is 84.4 Å². The summed E-state index contributed by atoms with van der Waals surface area (Å²) < 4.78 is 1.14. The first-order valence-electron chi connectivity index (χ1n) is 7.93. The second kappa shape index (κ2) is 5.36. The van der Waals surface area contributed by atoms with E-state index in [4.69, 9.17) is 11.6 Å². The SMILES string of the molecule is CC1(C)c2cc(-c3ccccc3Br)ccc2C2C=C(Cl)C=CC21. The molecule has 2 aliphatic carbocycles. The van der Waals surface area contributed by atoms with Crippen LogP contribution in [0, 0.1) is 5.92 Å². The van der Waals surface area contributed by atoms with E-state index in [-0.39, 0.29) is 5.41 Å². The van der Waals surface area contributed by atoms with Gasteiger partial charge in [0.2, 0.25) is 0 Å². The molecule has 0 aromatic heterocycles. The molecular formula is C21H18BrCl. The van der Waals surface area contributed by atoms with Gasteiger partial charge in [0.25, 0.3) is 0 Å². The average Bonchev–Trinajstić information content (AvgIpc) is 2.75. The molecule has 2 atom stereocenters. The Morgan fingerprint density at radius 3 is 2.65 bits per heavy atom. The second-order valence-corrected chi connectivity index (χ2v) is 8.26. The molecule has 0 amide bonds. The lowest BCUT2D eigenvalue weighted by Crippen LogP contribution is -2.24. The van der Waals surface area contributed by atoms with Crippen molar-refractivity contribution in [2.24, 2.45) is 5.92 Å². The first-order valence-corrected chi connectivity index (χ1v) is 9.10. The van der Waals surface area contributed by atoms with Crippen LogP contribution in [-0.2, 0) is 5.41 Å². The monoisotopic (exact) mass is 384 g/mol. The molecule has 23 heavy (non-hydrogen) atoms. The predicted molar refractivity (Wildman–Crippen MR) is 102 cm³/mol. The highest BCUT2D eigenvalue weighted by atomic mass is 79.9. The van der Waals surface area contributed by atoms with Gasteiger partial charge in [-0.15, -0.1) is 0 Å². The van der Waals surface area contributed by atoms with Gasteiger partial charge in [-0.25, -0.2) is 0 Å². The van der Waals surface area contributed by atoms with Crippen LogP contribution in [0.5, 0.6) is 0 Å². The van der Waals surface area contributed by atoms with E-state index < -0.39 is 0 Å². The van der Waals surface area contributed by atoms with Gasteiger partial charge in [0.15, 0.2) is 0 Å². The van der Waals surface area contributed by atoms with E-state index in [0.717, 1.165) is 9.51 Å². The fourth-order valence-electron chi connectivity index (χ4n) is 4.07. The van der Waals surface area contributed by atoms with Gasteiger partial charge >= 0.3 is 0 Å². The van der Waals surface area contributed by atoms with Gasteiger partial charge in [-0.1, -0.05) is 89.9 Å². The van der Waals surface area contributed by atoms with Gasteiger partial charge < -0.3 is 0 Å². The van der Waals surface area contributed by atoms with Crippen molar-refractivity contribution in [2.75, 3.05) is 0 Å². The summed E-state index contributed by atoms with van der Waals surface area (Å²) in [4.78, 5) is 0. The molecule has 0 aliphatic heterocycles. The van der Waals surface area contributed by atoms with E-state index in [1.807, 2.05) is 6.08 Å². The molecule has 2 aliphatic rings. The van der Waals surface area contributed by atoms with Crippen LogP contribution in [0.25, 0.3) is 11.1 Å². The Morgan fingerprint density at radius 1 is 1.09 bits per heavy atom. The van der Waals surface area contributed by atoms with Crippen LogP contribution in [-0.4, -0.2) is 0 Å². The Kier molecular flexibility index (Phi) is 3.55. The van der Waals surface area contributed by atoms with Gasteiger partial charge in [0.1, 0.15) is 0 Å². The smallest absolute Gasteiger partial charge is 0.0369 e. The van der Waals surface area contributed by atoms with Gasteiger partial charge in [-0.2, -0.15) is 0 Å². The first-order chi connectivity index (χ1) is 11.0. The highest BCUT2D eigenvalue weighted by Crippen LogP contribution is 2.54. The Hall–Kier alpha value is -1.31. The summed E-state index contributed by atoms with van der Waals surface area (Å²) in [7, 11) is 0. The third-order valence-corrected chi connectivity index (χ3v) is 6.26. The Morgan fingerprint density at radius 2 is 1.87 bits per heavy atom. The Balaban J connectivity index is 1.88. The molecule has 0 radical (unpaired) electrons. The van der Waals surface area contributed by atoms with E-state index in [9.17, 15) is 0 Å². The molecule has 0 spiro atoms. The van der Waals surface area contributed by atoms with Crippen molar-refractivity contribution in [1.29, 1.82) is 0 Å². The highest BCUT2D eigenvalue weighted by Gasteiger charge is 2.45. The predicted octanol–water partition coefficient (Wildman–Crippen LogP) is 6.80. The van der Waals surface area contributed by atoms with Gasteiger partial charge in [0.05, 0.1) is 0 Å². The van der Waals surface area contributed by atoms with Crippen LogP contribution in [0.3, 0.4) is 0 Å². The molecular weight excluding hydrogens is 368 g/mol. The van der Waals surface area contributed by atoms with Crippen molar-refractivity contribution < 1.29 is 0 Å². The molecule has 0 saturated heterocycles. The number of rotatable bonds is 1. The minimum atomic E-state index is 0.113. The number of hydrogen-bond donors (Lipinski definition) is 0. The highest BCUT2D eigenvalue weighted by molar-refractivity contribution is 9.10. The van der Waals surface area contributed by atoms with E-state index in [1.165, 1.54) is 22.3 Å². The van der Waals surface area contributed by atoms with E-state index in [1.54, 1.807) is 0 Å². The standard InChI is InChI=1S/C21H18BrCl/c1-21(2)18-10-8-14(23)12-17(18)16-9-7-13(11-19(16)21)15-5-3-4-6-20(15)22/h3-12,17-18H,1-2H3. The molecule has 116 valence electrons. The fourth-order valence-corrected chi connectivity index (χ4v) is 4.79. The van der Waals surface area contributed by atoms with Crippen molar-refractivity contribution in [3.05, 3.63) is 81.3 Å². The van der Waals surface area contributed by atoms with Gasteiger partial charge in [-0.05, 0) is 45.7 Å². The lowest BCUT2D eigenvalue weighted by Gasteiger charge is -2.30. The average molecular weight is 386 g/mol. The molecule has 2 unspecified atom stereocenters. The number of halogens is 2.